The highest BCUT2D eigenvalue weighted by Gasteiger charge is 2.24. The standard InChI is InChI=1S/C26H34N4O4S/c1-35(33,34)30-17-15-28(16-18-30)20-21-9-8-10-22(19-21)25(31)27-24-12-5-4-11-23(24)26(32)29-13-6-2-3-7-14-29/h4-5,8-12,19H,2-3,6-7,13-18,20H2,1H3,(H,27,31). The molecule has 0 bridgehead atoms. The molecule has 2 aliphatic heterocycles. The fourth-order valence-corrected chi connectivity index (χ4v) is 5.53. The fourth-order valence-electron chi connectivity index (χ4n) is 4.71. The smallest absolute Gasteiger partial charge is 0.255 e. The van der Waals surface area contributed by atoms with Crippen molar-refractivity contribution in [3.05, 3.63) is 65.2 Å². The van der Waals surface area contributed by atoms with Crippen molar-refractivity contribution in [2.45, 2.75) is 32.2 Å². The van der Waals surface area contributed by atoms with E-state index in [1.807, 2.05) is 35.2 Å². The van der Waals surface area contributed by atoms with E-state index >= 15 is 0 Å². The Morgan fingerprint density at radius 2 is 1.54 bits per heavy atom. The Hall–Kier alpha value is -2.75. The van der Waals surface area contributed by atoms with Crippen molar-refractivity contribution in [1.82, 2.24) is 14.1 Å². The van der Waals surface area contributed by atoms with E-state index in [0.717, 1.165) is 44.3 Å². The molecule has 0 aromatic heterocycles. The number of hydrogen-bond donors (Lipinski definition) is 1. The Morgan fingerprint density at radius 1 is 0.857 bits per heavy atom. The summed E-state index contributed by atoms with van der Waals surface area (Å²) in [5.74, 6) is -0.297. The number of carbonyl (C=O) groups is 2. The Bertz CT molecular complexity index is 1150. The molecule has 2 aliphatic rings. The second kappa shape index (κ2) is 11.3. The van der Waals surface area contributed by atoms with Gasteiger partial charge in [0.15, 0.2) is 0 Å². The first-order chi connectivity index (χ1) is 16.8. The lowest BCUT2D eigenvalue weighted by Gasteiger charge is -2.33. The predicted molar refractivity (Wildman–Crippen MR) is 137 cm³/mol. The van der Waals surface area contributed by atoms with Gasteiger partial charge < -0.3 is 10.2 Å². The summed E-state index contributed by atoms with van der Waals surface area (Å²) in [5.41, 5.74) is 2.55. The van der Waals surface area contributed by atoms with Crippen LogP contribution in [0.4, 0.5) is 5.69 Å². The van der Waals surface area contributed by atoms with Gasteiger partial charge in [-0.15, -0.1) is 0 Å². The van der Waals surface area contributed by atoms with E-state index < -0.39 is 10.0 Å². The van der Waals surface area contributed by atoms with E-state index in [9.17, 15) is 18.0 Å². The van der Waals surface area contributed by atoms with Gasteiger partial charge in [-0.3, -0.25) is 14.5 Å². The molecule has 4 rings (SSSR count). The molecular formula is C26H34N4O4S. The summed E-state index contributed by atoms with van der Waals surface area (Å²) in [6.45, 7) is 4.39. The number of piperazine rings is 1. The molecule has 2 aromatic rings. The second-order valence-corrected chi connectivity index (χ2v) is 11.3. The highest BCUT2D eigenvalue weighted by Crippen LogP contribution is 2.21. The number of nitrogens with zero attached hydrogens (tertiary/aromatic N) is 3. The van der Waals surface area contributed by atoms with Gasteiger partial charge in [-0.1, -0.05) is 37.1 Å². The summed E-state index contributed by atoms with van der Waals surface area (Å²) < 4.78 is 25.0. The van der Waals surface area contributed by atoms with Gasteiger partial charge in [0, 0.05) is 51.4 Å². The molecule has 0 saturated carbocycles. The number of likely N-dealkylation sites (tertiary alicyclic amines) is 1. The molecule has 2 amide bonds. The largest absolute Gasteiger partial charge is 0.339 e. The minimum atomic E-state index is -3.16. The van der Waals surface area contributed by atoms with Gasteiger partial charge >= 0.3 is 0 Å². The third kappa shape index (κ3) is 6.68. The molecule has 9 heteroatoms. The number of nitrogens with one attached hydrogen (secondary N) is 1. The number of para-hydroxylation sites is 1. The van der Waals surface area contributed by atoms with Crippen LogP contribution in [0.2, 0.25) is 0 Å². The zero-order chi connectivity index (χ0) is 24.8. The molecule has 0 radical (unpaired) electrons. The Labute approximate surface area is 207 Å². The molecule has 8 nitrogen and oxygen atoms in total. The molecular weight excluding hydrogens is 464 g/mol. The maximum absolute atomic E-state index is 13.2. The molecule has 2 fully saturated rings. The third-order valence-corrected chi connectivity index (χ3v) is 8.00. The van der Waals surface area contributed by atoms with E-state index in [-0.39, 0.29) is 11.8 Å². The summed E-state index contributed by atoms with van der Waals surface area (Å²) in [7, 11) is -3.16. The molecule has 35 heavy (non-hydrogen) atoms. The fraction of sp³-hybridized carbons (Fsp3) is 0.462. The molecule has 2 aromatic carbocycles. The van der Waals surface area contributed by atoms with E-state index in [1.54, 1.807) is 18.2 Å². The SMILES string of the molecule is CS(=O)(=O)N1CCN(Cc2cccc(C(=O)Nc3ccccc3C(=O)N3CCCCCC3)c2)CC1. The Balaban J connectivity index is 1.41. The summed E-state index contributed by atoms with van der Waals surface area (Å²) in [6.07, 6.45) is 5.55. The van der Waals surface area contributed by atoms with Crippen LogP contribution in [-0.4, -0.2) is 79.9 Å². The topological polar surface area (TPSA) is 90.0 Å². The van der Waals surface area contributed by atoms with Crippen molar-refractivity contribution in [3.8, 4) is 0 Å². The van der Waals surface area contributed by atoms with Gasteiger partial charge in [0.05, 0.1) is 17.5 Å². The molecule has 2 saturated heterocycles. The molecule has 2 heterocycles. The Morgan fingerprint density at radius 3 is 2.23 bits per heavy atom. The maximum atomic E-state index is 13.2. The van der Waals surface area contributed by atoms with Crippen LogP contribution in [0, 0.1) is 0 Å². The van der Waals surface area contributed by atoms with E-state index in [1.165, 1.54) is 10.6 Å². The van der Waals surface area contributed by atoms with Crippen LogP contribution in [0.25, 0.3) is 0 Å². The lowest BCUT2D eigenvalue weighted by atomic mass is 10.1. The zero-order valence-electron chi connectivity index (χ0n) is 20.3. The summed E-state index contributed by atoms with van der Waals surface area (Å²) >= 11 is 0. The van der Waals surface area contributed by atoms with Gasteiger partial charge in [-0.05, 0) is 42.7 Å². The van der Waals surface area contributed by atoms with Crippen molar-refractivity contribution >= 4 is 27.5 Å². The average Bonchev–Trinajstić information content (AvgIpc) is 3.14. The van der Waals surface area contributed by atoms with Crippen LogP contribution >= 0.6 is 0 Å². The number of hydrogen-bond acceptors (Lipinski definition) is 5. The minimum absolute atomic E-state index is 0.0372. The van der Waals surface area contributed by atoms with Crippen molar-refractivity contribution in [1.29, 1.82) is 0 Å². The molecule has 0 spiro atoms. The molecule has 0 aliphatic carbocycles. The van der Waals surface area contributed by atoms with Crippen molar-refractivity contribution in [2.24, 2.45) is 0 Å². The van der Waals surface area contributed by atoms with Crippen molar-refractivity contribution < 1.29 is 18.0 Å². The van der Waals surface area contributed by atoms with Gasteiger partial charge in [-0.25, -0.2) is 8.42 Å². The number of anilines is 1. The van der Waals surface area contributed by atoms with Crippen LogP contribution in [0.1, 0.15) is 52.0 Å². The van der Waals surface area contributed by atoms with Crippen LogP contribution in [-0.2, 0) is 16.6 Å². The quantitative estimate of drug-likeness (QED) is 0.661. The van der Waals surface area contributed by atoms with Gasteiger partial charge in [0.25, 0.3) is 11.8 Å². The highest BCUT2D eigenvalue weighted by molar-refractivity contribution is 7.88. The normalized spacial score (nSPS) is 18.1. The third-order valence-electron chi connectivity index (χ3n) is 6.69. The van der Waals surface area contributed by atoms with Crippen LogP contribution in [0.5, 0.6) is 0 Å². The van der Waals surface area contributed by atoms with E-state index in [4.69, 9.17) is 0 Å². The van der Waals surface area contributed by atoms with Crippen LogP contribution in [0.15, 0.2) is 48.5 Å². The molecule has 188 valence electrons. The number of rotatable bonds is 6. The summed E-state index contributed by atoms with van der Waals surface area (Å²) in [6, 6.07) is 14.6. The second-order valence-electron chi connectivity index (χ2n) is 9.34. The molecule has 0 atom stereocenters. The highest BCUT2D eigenvalue weighted by atomic mass is 32.2. The lowest BCUT2D eigenvalue weighted by Crippen LogP contribution is -2.47. The number of carbonyl (C=O) groups excluding carboxylic acids is 2. The lowest BCUT2D eigenvalue weighted by molar-refractivity contribution is 0.0762. The van der Waals surface area contributed by atoms with E-state index in [0.29, 0.717) is 49.5 Å². The number of benzene rings is 2. The van der Waals surface area contributed by atoms with E-state index in [2.05, 4.69) is 10.2 Å². The molecule has 1 N–H and O–H groups in total. The van der Waals surface area contributed by atoms with Gasteiger partial charge in [0.2, 0.25) is 10.0 Å². The minimum Gasteiger partial charge on any atom is -0.339 e. The van der Waals surface area contributed by atoms with Crippen LogP contribution in [0.3, 0.4) is 0 Å². The summed E-state index contributed by atoms with van der Waals surface area (Å²) in [4.78, 5) is 30.4. The monoisotopic (exact) mass is 498 g/mol. The van der Waals surface area contributed by atoms with Crippen molar-refractivity contribution in [2.75, 3.05) is 50.8 Å². The zero-order valence-corrected chi connectivity index (χ0v) is 21.1. The first-order valence-electron chi connectivity index (χ1n) is 12.3. The summed E-state index contributed by atoms with van der Waals surface area (Å²) in [5, 5.41) is 2.94. The maximum Gasteiger partial charge on any atom is 0.255 e. The number of amides is 2. The number of sulfonamides is 1. The predicted octanol–water partition coefficient (Wildman–Crippen LogP) is 3.03. The first-order valence-corrected chi connectivity index (χ1v) is 14.1. The van der Waals surface area contributed by atoms with Gasteiger partial charge in [-0.2, -0.15) is 4.31 Å². The Kier molecular flexibility index (Phi) is 8.20. The van der Waals surface area contributed by atoms with Crippen LogP contribution < -0.4 is 5.32 Å². The molecule has 0 unspecified atom stereocenters. The first kappa shape index (κ1) is 25.3. The van der Waals surface area contributed by atoms with Gasteiger partial charge in [0.1, 0.15) is 0 Å². The average molecular weight is 499 g/mol. The van der Waals surface area contributed by atoms with Crippen molar-refractivity contribution in [3.63, 3.8) is 0 Å².